The van der Waals surface area contributed by atoms with Gasteiger partial charge in [-0.1, -0.05) is 51.9 Å². The molecule has 2 nitrogen and oxygen atoms in total. The Hall–Kier alpha value is -0.0800. The highest BCUT2D eigenvalue weighted by Gasteiger charge is 2.38. The van der Waals surface area contributed by atoms with Crippen LogP contribution in [0.15, 0.2) is 0 Å². The van der Waals surface area contributed by atoms with Gasteiger partial charge in [-0.3, -0.25) is 0 Å². The van der Waals surface area contributed by atoms with Gasteiger partial charge >= 0.3 is 0 Å². The molecule has 0 bridgehead atoms. The summed E-state index contributed by atoms with van der Waals surface area (Å²) in [6.07, 6.45) is 13.4. The topological polar surface area (TPSA) is 21.8 Å². The fraction of sp³-hybridized carbons (Fsp3) is 1.00. The summed E-state index contributed by atoms with van der Waals surface area (Å²) in [6, 6.07) is 0. The lowest BCUT2D eigenvalue weighted by molar-refractivity contribution is 0.103. The van der Waals surface area contributed by atoms with Crippen molar-refractivity contribution in [2.45, 2.75) is 89.9 Å². The highest BCUT2D eigenvalue weighted by molar-refractivity contribution is 4.85. The van der Waals surface area contributed by atoms with Crippen molar-refractivity contribution in [2.24, 2.45) is 0 Å². The van der Waals surface area contributed by atoms with Crippen LogP contribution in [0.1, 0.15) is 71.6 Å². The van der Waals surface area contributed by atoms with E-state index in [0.29, 0.717) is 18.3 Å². The molecule has 0 aromatic heterocycles. The second-order valence-electron chi connectivity index (χ2n) is 5.41. The molecule has 17 heavy (non-hydrogen) atoms. The Kier molecular flexibility index (Phi) is 7.87. The standard InChI is InChI=1S/C15H30O2/c1-4-5-6-7-8-9-10-11-14-15(17-14)12-13(2)16-3/h13-15H,4-12H2,1-3H3/t13-,14-,15+/m1/s1. The van der Waals surface area contributed by atoms with Crippen LogP contribution in [0.25, 0.3) is 0 Å². The average Bonchev–Trinajstić information content (AvgIpc) is 3.06. The SMILES string of the molecule is CCCCCCCCC[C@H]1O[C@H]1C[C@@H](C)OC. The molecule has 0 unspecified atom stereocenters. The van der Waals surface area contributed by atoms with E-state index in [1.54, 1.807) is 7.11 Å². The highest BCUT2D eigenvalue weighted by Crippen LogP contribution is 2.31. The van der Waals surface area contributed by atoms with Gasteiger partial charge in [-0.25, -0.2) is 0 Å². The van der Waals surface area contributed by atoms with Crippen molar-refractivity contribution in [2.75, 3.05) is 7.11 Å². The van der Waals surface area contributed by atoms with Gasteiger partial charge < -0.3 is 9.47 Å². The molecule has 1 aliphatic heterocycles. The van der Waals surface area contributed by atoms with E-state index in [4.69, 9.17) is 9.47 Å². The van der Waals surface area contributed by atoms with Crippen LogP contribution >= 0.6 is 0 Å². The molecule has 1 fully saturated rings. The molecule has 0 N–H and O–H groups in total. The zero-order valence-electron chi connectivity index (χ0n) is 11.9. The Bertz CT molecular complexity index is 182. The molecule has 1 saturated heterocycles. The summed E-state index contributed by atoms with van der Waals surface area (Å²) in [7, 11) is 1.78. The molecular weight excluding hydrogens is 212 g/mol. The lowest BCUT2D eigenvalue weighted by atomic mass is 10.0. The Labute approximate surface area is 107 Å². The van der Waals surface area contributed by atoms with Crippen LogP contribution in [0.3, 0.4) is 0 Å². The Morgan fingerprint density at radius 3 is 2.29 bits per heavy atom. The molecule has 0 saturated carbocycles. The fourth-order valence-corrected chi connectivity index (χ4v) is 2.37. The van der Waals surface area contributed by atoms with Crippen LogP contribution in [0.5, 0.6) is 0 Å². The van der Waals surface area contributed by atoms with E-state index in [1.807, 2.05) is 0 Å². The minimum absolute atomic E-state index is 0.346. The lowest BCUT2D eigenvalue weighted by Crippen LogP contribution is -2.09. The molecule has 0 aromatic carbocycles. The molecule has 1 rings (SSSR count). The molecule has 1 aliphatic rings. The van der Waals surface area contributed by atoms with Gasteiger partial charge in [0.2, 0.25) is 0 Å². The van der Waals surface area contributed by atoms with Crippen molar-refractivity contribution in [3.05, 3.63) is 0 Å². The minimum atomic E-state index is 0.346. The van der Waals surface area contributed by atoms with Crippen LogP contribution < -0.4 is 0 Å². The molecule has 2 heteroatoms. The number of rotatable bonds is 11. The summed E-state index contributed by atoms with van der Waals surface area (Å²) in [4.78, 5) is 0. The van der Waals surface area contributed by atoms with Crippen molar-refractivity contribution < 1.29 is 9.47 Å². The van der Waals surface area contributed by atoms with Gasteiger partial charge in [0, 0.05) is 13.5 Å². The maximum absolute atomic E-state index is 5.65. The number of epoxide rings is 1. The van der Waals surface area contributed by atoms with Gasteiger partial charge in [-0.05, 0) is 13.3 Å². The van der Waals surface area contributed by atoms with Crippen molar-refractivity contribution in [1.82, 2.24) is 0 Å². The average molecular weight is 242 g/mol. The van der Waals surface area contributed by atoms with Crippen molar-refractivity contribution in [3.63, 3.8) is 0 Å². The zero-order chi connectivity index (χ0) is 12.5. The van der Waals surface area contributed by atoms with Crippen molar-refractivity contribution in [1.29, 1.82) is 0 Å². The molecule has 1 heterocycles. The second-order valence-corrected chi connectivity index (χ2v) is 5.41. The first-order valence-corrected chi connectivity index (χ1v) is 7.46. The first-order valence-electron chi connectivity index (χ1n) is 7.46. The molecule has 102 valence electrons. The highest BCUT2D eigenvalue weighted by atomic mass is 16.6. The zero-order valence-corrected chi connectivity index (χ0v) is 11.9. The molecule has 0 radical (unpaired) electrons. The van der Waals surface area contributed by atoms with E-state index in [0.717, 1.165) is 6.42 Å². The molecule has 0 aromatic rings. The first-order chi connectivity index (χ1) is 8.27. The minimum Gasteiger partial charge on any atom is -0.382 e. The largest absolute Gasteiger partial charge is 0.382 e. The molecule has 0 aliphatic carbocycles. The molecular formula is C15H30O2. The van der Waals surface area contributed by atoms with E-state index >= 15 is 0 Å². The molecule has 0 amide bonds. The summed E-state index contributed by atoms with van der Waals surface area (Å²) >= 11 is 0. The Balaban J connectivity index is 1.82. The fourth-order valence-electron chi connectivity index (χ4n) is 2.37. The summed E-state index contributed by atoms with van der Waals surface area (Å²) in [5.41, 5.74) is 0. The monoisotopic (exact) mass is 242 g/mol. The van der Waals surface area contributed by atoms with Crippen LogP contribution in [-0.2, 0) is 9.47 Å². The number of ether oxygens (including phenoxy) is 2. The number of hydrogen-bond donors (Lipinski definition) is 0. The Morgan fingerprint density at radius 2 is 1.65 bits per heavy atom. The van der Waals surface area contributed by atoms with Gasteiger partial charge in [0.25, 0.3) is 0 Å². The number of unbranched alkanes of at least 4 members (excludes halogenated alkanes) is 6. The Morgan fingerprint density at radius 1 is 1.00 bits per heavy atom. The molecule has 0 spiro atoms. The van der Waals surface area contributed by atoms with Crippen LogP contribution in [0, 0.1) is 0 Å². The van der Waals surface area contributed by atoms with E-state index in [-0.39, 0.29) is 0 Å². The van der Waals surface area contributed by atoms with Gasteiger partial charge in [0.1, 0.15) is 0 Å². The first kappa shape index (κ1) is 15.0. The third kappa shape index (κ3) is 7.05. The number of hydrogen-bond acceptors (Lipinski definition) is 2. The molecule has 3 atom stereocenters. The van der Waals surface area contributed by atoms with Gasteiger partial charge in [-0.15, -0.1) is 0 Å². The van der Waals surface area contributed by atoms with Gasteiger partial charge in [-0.2, -0.15) is 0 Å². The van der Waals surface area contributed by atoms with Crippen molar-refractivity contribution in [3.8, 4) is 0 Å². The van der Waals surface area contributed by atoms with Crippen LogP contribution in [0.4, 0.5) is 0 Å². The third-order valence-corrected chi connectivity index (χ3v) is 3.75. The predicted octanol–water partition coefficient (Wildman–Crippen LogP) is 4.32. The maximum atomic E-state index is 5.65. The summed E-state index contributed by atoms with van der Waals surface area (Å²) in [5.74, 6) is 0. The quantitative estimate of drug-likeness (QED) is 0.397. The van der Waals surface area contributed by atoms with E-state index in [9.17, 15) is 0 Å². The maximum Gasteiger partial charge on any atom is 0.0866 e. The normalized spacial score (nSPS) is 24.9. The van der Waals surface area contributed by atoms with Crippen molar-refractivity contribution >= 4 is 0 Å². The van der Waals surface area contributed by atoms with E-state index < -0.39 is 0 Å². The summed E-state index contributed by atoms with van der Waals surface area (Å²) in [6.45, 7) is 4.39. The lowest BCUT2D eigenvalue weighted by Gasteiger charge is -2.05. The number of methoxy groups -OCH3 is 1. The third-order valence-electron chi connectivity index (χ3n) is 3.75. The van der Waals surface area contributed by atoms with Crippen LogP contribution in [-0.4, -0.2) is 25.4 Å². The van der Waals surface area contributed by atoms with E-state index in [1.165, 1.54) is 51.4 Å². The smallest absolute Gasteiger partial charge is 0.0866 e. The second kappa shape index (κ2) is 8.93. The van der Waals surface area contributed by atoms with E-state index in [2.05, 4.69) is 13.8 Å². The summed E-state index contributed by atoms with van der Waals surface area (Å²) < 4.78 is 10.9. The van der Waals surface area contributed by atoms with Gasteiger partial charge in [0.05, 0.1) is 18.3 Å². The van der Waals surface area contributed by atoms with Crippen LogP contribution in [0.2, 0.25) is 0 Å². The van der Waals surface area contributed by atoms with Gasteiger partial charge in [0.15, 0.2) is 0 Å². The summed E-state index contributed by atoms with van der Waals surface area (Å²) in [5, 5.41) is 0. The predicted molar refractivity (Wildman–Crippen MR) is 72.4 cm³/mol.